The van der Waals surface area contributed by atoms with Crippen molar-refractivity contribution in [3.8, 4) is 11.1 Å². The maximum Gasteiger partial charge on any atom is 0.410 e. The van der Waals surface area contributed by atoms with Crippen LogP contribution < -0.4 is 10.4 Å². The molecule has 0 spiro atoms. The van der Waals surface area contributed by atoms with Crippen LogP contribution in [0, 0.1) is 5.92 Å². The van der Waals surface area contributed by atoms with Crippen LogP contribution in [-0.2, 0) is 14.3 Å². The number of rotatable bonds is 13. The Kier molecular flexibility index (Phi) is 11.0. The summed E-state index contributed by atoms with van der Waals surface area (Å²) >= 11 is 0. The van der Waals surface area contributed by atoms with Crippen molar-refractivity contribution >= 4 is 36.7 Å². The zero-order valence-electron chi connectivity index (χ0n) is 29.7. The fourth-order valence-corrected chi connectivity index (χ4v) is 11.2. The fourth-order valence-electron chi connectivity index (χ4n) is 7.48. The van der Waals surface area contributed by atoms with Gasteiger partial charge in [-0.2, -0.15) is 0 Å². The summed E-state index contributed by atoms with van der Waals surface area (Å²) in [6, 6.07) is 33.4. The van der Waals surface area contributed by atoms with Gasteiger partial charge in [-0.25, -0.2) is 9.59 Å². The molecule has 4 aromatic rings. The highest BCUT2D eigenvalue weighted by atomic mass is 28.4. The first-order valence-electron chi connectivity index (χ1n) is 17.2. The largest absolute Gasteiger partial charge is 0.480 e. The van der Waals surface area contributed by atoms with E-state index in [1.807, 2.05) is 118 Å². The number of nitrogens with zero attached hydrogens (tertiary/aromatic N) is 2. The van der Waals surface area contributed by atoms with E-state index in [4.69, 9.17) is 4.74 Å². The Balaban J connectivity index is 1.25. The number of likely N-dealkylation sites (N-methyl/N-ethyl adjacent to an activating group) is 2. The molecule has 0 heterocycles. The van der Waals surface area contributed by atoms with Gasteiger partial charge in [0.1, 0.15) is 18.7 Å². The molecule has 8 nitrogen and oxygen atoms in total. The van der Waals surface area contributed by atoms with Crippen LogP contribution in [0.25, 0.3) is 11.1 Å². The average molecular weight is 693 g/mol. The Bertz CT molecular complexity index is 1730. The van der Waals surface area contributed by atoms with Crippen molar-refractivity contribution in [1.29, 1.82) is 0 Å². The van der Waals surface area contributed by atoms with Gasteiger partial charge in [0.05, 0.1) is 0 Å². The molecule has 0 unspecified atom stereocenters. The third-order valence-electron chi connectivity index (χ3n) is 10.7. The molecule has 0 aliphatic heterocycles. The van der Waals surface area contributed by atoms with Crippen molar-refractivity contribution in [2.24, 2.45) is 5.92 Å². The Morgan fingerprint density at radius 1 is 0.760 bits per heavy atom. The number of carboxylic acids is 1. The minimum atomic E-state index is -3.30. The number of hydrogen-bond donors (Lipinski definition) is 2. The maximum atomic E-state index is 13.7. The highest BCUT2D eigenvalue weighted by Gasteiger charge is 2.50. The van der Waals surface area contributed by atoms with Crippen molar-refractivity contribution in [2.45, 2.75) is 63.6 Å². The van der Waals surface area contributed by atoms with Crippen LogP contribution in [0.3, 0.4) is 0 Å². The number of aliphatic carboxylic acids is 1. The maximum absolute atomic E-state index is 13.7. The van der Waals surface area contributed by atoms with Crippen molar-refractivity contribution in [3.05, 3.63) is 120 Å². The first kappa shape index (κ1) is 36.5. The standard InChI is InChI=1S/C41H48N2O6Si/c1-28(25-26-41(3,4)50(48,30-17-9-7-10-18-30)31-19-11-8-12-20-31)37(39(45)46)43(6)38(44)29(2)42(5)40(47)49-27-36-34-23-15-13-21-32(34)33-22-14-16-24-35(33)36/h7-24,28-29,36-37,48H,25-27H2,1-6H3,(H,45,46)/t28-,29-,37+/m1/s1. The predicted molar refractivity (Wildman–Crippen MR) is 199 cm³/mol. The zero-order valence-corrected chi connectivity index (χ0v) is 30.7. The lowest BCUT2D eigenvalue weighted by atomic mass is 9.91. The molecule has 0 radical (unpaired) electrons. The number of carboxylic acid groups (broad SMARTS) is 1. The van der Waals surface area contributed by atoms with E-state index in [2.05, 4.69) is 12.1 Å². The molecule has 1 aliphatic carbocycles. The molecule has 0 saturated carbocycles. The lowest BCUT2D eigenvalue weighted by Crippen LogP contribution is -2.65. The number of ether oxygens (including phenoxy) is 1. The van der Waals surface area contributed by atoms with Crippen molar-refractivity contribution in [3.63, 3.8) is 0 Å². The fraction of sp³-hybridized carbons (Fsp3) is 0.341. The van der Waals surface area contributed by atoms with Crippen molar-refractivity contribution in [2.75, 3.05) is 20.7 Å². The number of carbonyl (C=O) groups excluding carboxylic acids is 2. The minimum Gasteiger partial charge on any atom is -0.480 e. The van der Waals surface area contributed by atoms with Crippen LogP contribution in [0.1, 0.15) is 57.6 Å². The third-order valence-corrected chi connectivity index (χ3v) is 15.3. The Morgan fingerprint density at radius 3 is 1.70 bits per heavy atom. The topological polar surface area (TPSA) is 107 Å². The van der Waals surface area contributed by atoms with Gasteiger partial charge < -0.3 is 19.5 Å². The van der Waals surface area contributed by atoms with Gasteiger partial charge in [-0.1, -0.05) is 130 Å². The van der Waals surface area contributed by atoms with Gasteiger partial charge in [-0.05, 0) is 63.3 Å². The monoisotopic (exact) mass is 692 g/mol. The number of fused-ring (bicyclic) bond motifs is 3. The van der Waals surface area contributed by atoms with Gasteiger partial charge in [0.25, 0.3) is 8.32 Å². The van der Waals surface area contributed by atoms with E-state index < -0.39 is 49.3 Å². The highest BCUT2D eigenvalue weighted by molar-refractivity contribution is 6.98. The number of amides is 2. The first-order chi connectivity index (χ1) is 23.8. The molecule has 1 aliphatic rings. The van der Waals surface area contributed by atoms with Crippen molar-refractivity contribution in [1.82, 2.24) is 9.80 Å². The number of carbonyl (C=O) groups is 3. The molecule has 3 atom stereocenters. The summed E-state index contributed by atoms with van der Waals surface area (Å²) in [6.45, 7) is 7.60. The predicted octanol–water partition coefficient (Wildman–Crippen LogP) is 6.12. The van der Waals surface area contributed by atoms with E-state index in [9.17, 15) is 24.3 Å². The molecule has 0 saturated heterocycles. The molecule has 0 fully saturated rings. The minimum absolute atomic E-state index is 0.111. The molecule has 9 heteroatoms. The van der Waals surface area contributed by atoms with Gasteiger partial charge in [-0.15, -0.1) is 0 Å². The van der Waals surface area contributed by atoms with E-state index in [0.717, 1.165) is 32.6 Å². The van der Waals surface area contributed by atoms with Crippen LogP contribution in [0.4, 0.5) is 4.79 Å². The third kappa shape index (κ3) is 6.98. The highest BCUT2D eigenvalue weighted by Crippen LogP contribution is 2.45. The SMILES string of the molecule is C[C@H](CCC(C)(C)[Si](O)(c1ccccc1)c1ccccc1)[C@@H](C(=O)O)N(C)C(=O)[C@@H](C)N(C)C(=O)OCC1c2ccccc2-c2ccccc21. The first-order valence-corrected chi connectivity index (χ1v) is 19.1. The van der Waals surface area contributed by atoms with Gasteiger partial charge in [0.2, 0.25) is 5.91 Å². The van der Waals surface area contributed by atoms with E-state index in [-0.39, 0.29) is 12.5 Å². The van der Waals surface area contributed by atoms with Gasteiger partial charge in [0, 0.05) is 20.0 Å². The number of benzene rings is 4. The van der Waals surface area contributed by atoms with Gasteiger partial charge in [-0.3, -0.25) is 9.69 Å². The smallest absolute Gasteiger partial charge is 0.410 e. The summed E-state index contributed by atoms with van der Waals surface area (Å²) in [7, 11) is -0.324. The average Bonchev–Trinajstić information content (AvgIpc) is 3.45. The van der Waals surface area contributed by atoms with Crippen LogP contribution >= 0.6 is 0 Å². The van der Waals surface area contributed by atoms with E-state index >= 15 is 0 Å². The Hall–Kier alpha value is -4.73. The summed E-state index contributed by atoms with van der Waals surface area (Å²) in [5.41, 5.74) is 4.41. The van der Waals surface area contributed by atoms with Crippen molar-refractivity contribution < 1.29 is 29.0 Å². The second-order valence-corrected chi connectivity index (χ2v) is 18.1. The van der Waals surface area contributed by atoms with Crippen LogP contribution in [0.5, 0.6) is 0 Å². The molecular weight excluding hydrogens is 645 g/mol. The molecule has 262 valence electrons. The zero-order chi connectivity index (χ0) is 36.2. The van der Waals surface area contributed by atoms with E-state index in [0.29, 0.717) is 12.8 Å². The molecule has 2 amide bonds. The molecule has 2 N–H and O–H groups in total. The lowest BCUT2D eigenvalue weighted by molar-refractivity contribution is -0.153. The molecule has 4 aromatic carbocycles. The summed E-state index contributed by atoms with van der Waals surface area (Å²) in [5.74, 6) is -2.20. The molecule has 5 rings (SSSR count). The summed E-state index contributed by atoms with van der Waals surface area (Å²) in [5, 5.41) is 11.6. The Labute approximate surface area is 296 Å². The lowest BCUT2D eigenvalue weighted by Gasteiger charge is -2.42. The molecule has 0 bridgehead atoms. The second kappa shape index (κ2) is 15.0. The Morgan fingerprint density at radius 2 is 1.22 bits per heavy atom. The molecular formula is C41H48N2O6Si. The summed E-state index contributed by atoms with van der Waals surface area (Å²) in [4.78, 5) is 54.7. The van der Waals surface area contributed by atoms with Crippen LogP contribution in [0.2, 0.25) is 5.04 Å². The van der Waals surface area contributed by atoms with Crippen LogP contribution in [0.15, 0.2) is 109 Å². The second-order valence-electron chi connectivity index (χ2n) is 14.2. The van der Waals surface area contributed by atoms with Crippen LogP contribution in [-0.4, -0.2) is 78.8 Å². The summed E-state index contributed by atoms with van der Waals surface area (Å²) < 4.78 is 5.77. The molecule has 0 aromatic heterocycles. The summed E-state index contributed by atoms with van der Waals surface area (Å²) in [6.07, 6.45) is 0.323. The quantitative estimate of drug-likeness (QED) is 0.164. The normalized spacial score (nSPS) is 14.5. The van der Waals surface area contributed by atoms with E-state index in [1.165, 1.54) is 23.9 Å². The van der Waals surface area contributed by atoms with Gasteiger partial charge >= 0.3 is 12.1 Å². The molecule has 50 heavy (non-hydrogen) atoms. The van der Waals surface area contributed by atoms with Gasteiger partial charge in [0.15, 0.2) is 0 Å². The number of hydrogen-bond acceptors (Lipinski definition) is 5. The van der Waals surface area contributed by atoms with E-state index in [1.54, 1.807) is 6.92 Å².